The van der Waals surface area contributed by atoms with Crippen molar-refractivity contribution in [1.29, 1.82) is 0 Å². The van der Waals surface area contributed by atoms with Crippen LogP contribution in [0.15, 0.2) is 223 Å². The first-order chi connectivity index (χ1) is 31.5. The molecule has 12 rings (SSSR count). The van der Waals surface area contributed by atoms with Crippen LogP contribution in [0.25, 0.3) is 111 Å². The number of benzene rings is 9. The van der Waals surface area contributed by atoms with Gasteiger partial charge in [0.25, 0.3) is 0 Å². The van der Waals surface area contributed by atoms with E-state index in [-0.39, 0.29) is 5.41 Å². The Morgan fingerprint density at radius 3 is 1.64 bits per heavy atom. The highest BCUT2D eigenvalue weighted by Crippen LogP contribution is 2.52. The van der Waals surface area contributed by atoms with E-state index in [1.807, 2.05) is 30.3 Å². The maximum absolute atomic E-state index is 6.66. The van der Waals surface area contributed by atoms with E-state index >= 15 is 0 Å². The van der Waals surface area contributed by atoms with Gasteiger partial charge in [-0.3, -0.25) is 0 Å². The van der Waals surface area contributed by atoms with Crippen LogP contribution in [0.3, 0.4) is 0 Å². The van der Waals surface area contributed by atoms with Crippen molar-refractivity contribution >= 4 is 21.9 Å². The fourth-order valence-electron chi connectivity index (χ4n) is 9.97. The molecule has 0 fully saturated rings. The number of nitrogens with zero attached hydrogens (tertiary/aromatic N) is 2. The van der Waals surface area contributed by atoms with Crippen LogP contribution in [0.4, 0.5) is 0 Å². The van der Waals surface area contributed by atoms with Crippen molar-refractivity contribution < 1.29 is 4.42 Å². The van der Waals surface area contributed by atoms with Crippen molar-refractivity contribution in [2.75, 3.05) is 0 Å². The summed E-state index contributed by atoms with van der Waals surface area (Å²) in [4.78, 5) is 10.7. The molecule has 3 heteroatoms. The Bertz CT molecular complexity index is 3580. The summed E-state index contributed by atoms with van der Waals surface area (Å²) in [5.74, 6) is 0.672. The topological polar surface area (TPSA) is 38.9 Å². The van der Waals surface area contributed by atoms with Gasteiger partial charge in [0.05, 0.1) is 11.4 Å². The summed E-state index contributed by atoms with van der Waals surface area (Å²) in [6.45, 7) is 4.67. The largest absolute Gasteiger partial charge is 0.455 e. The van der Waals surface area contributed by atoms with E-state index in [9.17, 15) is 0 Å². The first-order valence-electron chi connectivity index (χ1n) is 22.0. The van der Waals surface area contributed by atoms with E-state index in [1.165, 1.54) is 27.8 Å². The summed E-state index contributed by atoms with van der Waals surface area (Å²) in [7, 11) is 0. The maximum Gasteiger partial charge on any atom is 0.160 e. The monoisotopic (exact) mass is 818 g/mol. The highest BCUT2D eigenvalue weighted by molar-refractivity contribution is 6.10. The third-order valence-corrected chi connectivity index (χ3v) is 13.1. The Morgan fingerprint density at radius 1 is 0.344 bits per heavy atom. The van der Waals surface area contributed by atoms with Crippen LogP contribution in [0.5, 0.6) is 0 Å². The van der Waals surface area contributed by atoms with Crippen molar-refractivity contribution in [3.05, 3.63) is 230 Å². The van der Waals surface area contributed by atoms with Crippen molar-refractivity contribution in [2.24, 2.45) is 0 Å². The molecule has 1 aliphatic carbocycles. The van der Waals surface area contributed by atoms with Crippen molar-refractivity contribution in [1.82, 2.24) is 9.97 Å². The second kappa shape index (κ2) is 15.0. The average molecular weight is 819 g/mol. The number of rotatable bonds is 7. The molecule has 0 radical (unpaired) electrons. The highest BCUT2D eigenvalue weighted by Gasteiger charge is 2.36. The third kappa shape index (κ3) is 6.28. The summed E-state index contributed by atoms with van der Waals surface area (Å²) in [6, 6.07) is 77.8. The number of aromatic nitrogens is 2. The Morgan fingerprint density at radius 2 is 0.844 bits per heavy atom. The van der Waals surface area contributed by atoms with E-state index in [1.54, 1.807) is 0 Å². The van der Waals surface area contributed by atoms with Crippen LogP contribution in [0.1, 0.15) is 25.0 Å². The molecule has 0 spiro atoms. The first kappa shape index (κ1) is 37.6. The predicted octanol–water partition coefficient (Wildman–Crippen LogP) is 16.4. The highest BCUT2D eigenvalue weighted by atomic mass is 16.3. The number of hydrogen-bond donors (Lipinski definition) is 0. The molecule has 0 atom stereocenters. The summed E-state index contributed by atoms with van der Waals surface area (Å²) in [5.41, 5.74) is 20.7. The molecule has 0 aliphatic heterocycles. The number of furan rings is 1. The molecule has 3 nitrogen and oxygen atoms in total. The minimum absolute atomic E-state index is 0.0867. The van der Waals surface area contributed by atoms with Gasteiger partial charge in [0.15, 0.2) is 5.82 Å². The van der Waals surface area contributed by atoms with Crippen LogP contribution < -0.4 is 0 Å². The van der Waals surface area contributed by atoms with E-state index in [0.29, 0.717) is 5.82 Å². The minimum atomic E-state index is -0.0867. The maximum atomic E-state index is 6.66. The van der Waals surface area contributed by atoms with Gasteiger partial charge in [0, 0.05) is 38.4 Å². The van der Waals surface area contributed by atoms with Gasteiger partial charge in [0.2, 0.25) is 0 Å². The zero-order valence-corrected chi connectivity index (χ0v) is 35.6. The lowest BCUT2D eigenvalue weighted by atomic mass is 9.82. The van der Waals surface area contributed by atoms with Gasteiger partial charge < -0.3 is 4.42 Å². The summed E-state index contributed by atoms with van der Waals surface area (Å²) < 4.78 is 6.66. The fourth-order valence-corrected chi connectivity index (χ4v) is 9.97. The molecule has 64 heavy (non-hydrogen) atoms. The molecule has 9 aromatic carbocycles. The van der Waals surface area contributed by atoms with Crippen molar-refractivity contribution in [3.8, 4) is 89.5 Å². The Labute approximate surface area is 373 Å². The summed E-state index contributed by atoms with van der Waals surface area (Å²) in [5, 5.41) is 2.20. The van der Waals surface area contributed by atoms with Crippen molar-refractivity contribution in [3.63, 3.8) is 0 Å². The molecule has 2 aromatic heterocycles. The number of fused-ring (bicyclic) bond motifs is 6. The van der Waals surface area contributed by atoms with Gasteiger partial charge in [-0.15, -0.1) is 0 Å². The zero-order valence-electron chi connectivity index (χ0n) is 35.6. The lowest BCUT2D eigenvalue weighted by Crippen LogP contribution is -2.14. The van der Waals surface area contributed by atoms with Crippen molar-refractivity contribution in [2.45, 2.75) is 19.3 Å². The molecule has 0 unspecified atom stereocenters. The molecule has 11 aromatic rings. The van der Waals surface area contributed by atoms with Gasteiger partial charge in [-0.05, 0) is 97.6 Å². The molecule has 0 N–H and O–H groups in total. The summed E-state index contributed by atoms with van der Waals surface area (Å²) >= 11 is 0. The molecular formula is C61H42N2O. The second-order valence-electron chi connectivity index (χ2n) is 17.3. The van der Waals surface area contributed by atoms with Crippen LogP contribution in [-0.2, 0) is 5.41 Å². The first-order valence-corrected chi connectivity index (χ1v) is 22.0. The van der Waals surface area contributed by atoms with E-state index < -0.39 is 0 Å². The van der Waals surface area contributed by atoms with Crippen LogP contribution in [0.2, 0.25) is 0 Å². The average Bonchev–Trinajstić information content (AvgIpc) is 3.86. The number of hydrogen-bond acceptors (Lipinski definition) is 3. The molecule has 2 heterocycles. The SMILES string of the molecule is CC1(C)c2ccccc2-c2c(-c3cccc(-c4cc(-c5cc(-c6ccccc6-c6ccccc6)cc(-c6cccc7c6oc6ccccc67)c5)nc(-c5ccccc5)n4)c3)cccc21. The van der Waals surface area contributed by atoms with Crippen LogP contribution in [-0.4, -0.2) is 9.97 Å². The number of para-hydroxylation sites is 2. The zero-order chi connectivity index (χ0) is 42.8. The molecule has 1 aliphatic rings. The lowest BCUT2D eigenvalue weighted by Gasteiger charge is -2.21. The summed E-state index contributed by atoms with van der Waals surface area (Å²) in [6.07, 6.45) is 0. The Balaban J connectivity index is 1.07. The third-order valence-electron chi connectivity index (χ3n) is 13.1. The van der Waals surface area contributed by atoms with Crippen LogP contribution in [0, 0.1) is 0 Å². The van der Waals surface area contributed by atoms with Gasteiger partial charge in [-0.2, -0.15) is 0 Å². The smallest absolute Gasteiger partial charge is 0.160 e. The van der Waals surface area contributed by atoms with Gasteiger partial charge in [-0.25, -0.2) is 9.97 Å². The molecule has 0 bridgehead atoms. The molecule has 0 amide bonds. The predicted molar refractivity (Wildman–Crippen MR) is 265 cm³/mol. The molecule has 302 valence electrons. The fraction of sp³-hybridized carbons (Fsp3) is 0.0492. The quantitative estimate of drug-likeness (QED) is 0.161. The van der Waals surface area contributed by atoms with Crippen LogP contribution >= 0.6 is 0 Å². The Hall–Kier alpha value is -8.14. The normalized spacial score (nSPS) is 12.7. The molecular weight excluding hydrogens is 777 g/mol. The van der Waals surface area contributed by atoms with Gasteiger partial charge in [0.1, 0.15) is 11.2 Å². The van der Waals surface area contributed by atoms with E-state index in [4.69, 9.17) is 14.4 Å². The van der Waals surface area contributed by atoms with E-state index in [2.05, 4.69) is 202 Å². The van der Waals surface area contributed by atoms with Gasteiger partial charge >= 0.3 is 0 Å². The molecule has 0 saturated carbocycles. The molecule has 0 saturated heterocycles. The Kier molecular flexibility index (Phi) is 8.84. The van der Waals surface area contributed by atoms with E-state index in [0.717, 1.165) is 89.0 Å². The lowest BCUT2D eigenvalue weighted by molar-refractivity contribution is 0.660. The van der Waals surface area contributed by atoms with Gasteiger partial charge in [-0.1, -0.05) is 196 Å². The second-order valence-corrected chi connectivity index (χ2v) is 17.3. The standard InChI is InChI=1S/C61H42N2O/c1-61(2)53-31-13-11-27-52(53)58-48(28-17-32-54(58)61)41-22-15-23-42(34-41)55-38-56(63-60(62-55)40-20-7-4-8-21-40)45-36-43(47-25-10-9-24-46(47)39-18-5-3-6-19-39)35-44(37-45)49-29-16-30-51-50-26-12-14-33-57(50)64-59(49)51/h3-38H,1-2H3. The minimum Gasteiger partial charge on any atom is -0.455 e.